The van der Waals surface area contributed by atoms with Crippen LogP contribution in [0.25, 0.3) is 0 Å². The summed E-state index contributed by atoms with van der Waals surface area (Å²) < 4.78 is 5.74. The second-order valence-corrected chi connectivity index (χ2v) is 4.52. The van der Waals surface area contributed by atoms with Crippen molar-refractivity contribution >= 4 is 0 Å². The van der Waals surface area contributed by atoms with E-state index in [2.05, 4.69) is 26.1 Å². The fraction of sp³-hybridized carbons (Fsp3) is 1.00. The van der Waals surface area contributed by atoms with Gasteiger partial charge in [-0.1, -0.05) is 13.8 Å². The zero-order valence-electron chi connectivity index (χ0n) is 9.34. The third-order valence-corrected chi connectivity index (χ3v) is 3.26. The van der Waals surface area contributed by atoms with E-state index in [1.54, 1.807) is 0 Å². The Morgan fingerprint density at radius 3 is 2.54 bits per heavy atom. The summed E-state index contributed by atoms with van der Waals surface area (Å²) in [5, 5.41) is 3.34. The first-order chi connectivity index (χ1) is 6.15. The molecule has 1 fully saturated rings. The van der Waals surface area contributed by atoms with Crippen molar-refractivity contribution in [2.75, 3.05) is 13.7 Å². The van der Waals surface area contributed by atoms with E-state index in [1.165, 1.54) is 12.8 Å². The lowest BCUT2D eigenvalue weighted by molar-refractivity contribution is -0.0393. The van der Waals surface area contributed by atoms with E-state index in [9.17, 15) is 0 Å². The van der Waals surface area contributed by atoms with E-state index < -0.39 is 0 Å². The molecule has 1 saturated heterocycles. The average Bonchev–Trinajstić information content (AvgIpc) is 2.17. The highest BCUT2D eigenvalue weighted by Gasteiger charge is 2.27. The molecule has 1 aliphatic heterocycles. The zero-order chi connectivity index (χ0) is 9.84. The minimum atomic E-state index is 0.481. The monoisotopic (exact) mass is 185 g/mol. The lowest BCUT2D eigenvalue weighted by Gasteiger charge is -2.34. The van der Waals surface area contributed by atoms with Crippen molar-refractivity contribution in [1.82, 2.24) is 5.32 Å². The summed E-state index contributed by atoms with van der Waals surface area (Å²) >= 11 is 0. The van der Waals surface area contributed by atoms with E-state index in [0.29, 0.717) is 18.1 Å². The lowest BCUT2D eigenvalue weighted by Crippen LogP contribution is -2.39. The van der Waals surface area contributed by atoms with Gasteiger partial charge in [0, 0.05) is 12.6 Å². The minimum Gasteiger partial charge on any atom is -0.378 e. The molecule has 0 bridgehead atoms. The molecule has 1 heterocycles. The van der Waals surface area contributed by atoms with Gasteiger partial charge in [-0.15, -0.1) is 0 Å². The largest absolute Gasteiger partial charge is 0.378 e. The van der Waals surface area contributed by atoms with Gasteiger partial charge in [-0.2, -0.15) is 0 Å². The van der Waals surface area contributed by atoms with Gasteiger partial charge in [-0.25, -0.2) is 0 Å². The van der Waals surface area contributed by atoms with Gasteiger partial charge in [0.15, 0.2) is 0 Å². The van der Waals surface area contributed by atoms with Crippen LogP contribution in [0.4, 0.5) is 0 Å². The van der Waals surface area contributed by atoms with Crippen LogP contribution in [0.15, 0.2) is 0 Å². The zero-order valence-corrected chi connectivity index (χ0v) is 9.34. The van der Waals surface area contributed by atoms with Crippen LogP contribution in [0.5, 0.6) is 0 Å². The Kier molecular flexibility index (Phi) is 4.20. The second kappa shape index (κ2) is 4.97. The molecule has 0 aromatic rings. The van der Waals surface area contributed by atoms with Gasteiger partial charge in [0.25, 0.3) is 0 Å². The number of ether oxygens (including phenoxy) is 1. The average molecular weight is 185 g/mol. The molecule has 0 radical (unpaired) electrons. The summed E-state index contributed by atoms with van der Waals surface area (Å²) in [4.78, 5) is 0. The van der Waals surface area contributed by atoms with Crippen LogP contribution in [0.2, 0.25) is 0 Å². The van der Waals surface area contributed by atoms with Crippen LogP contribution < -0.4 is 5.32 Å². The van der Waals surface area contributed by atoms with Crippen LogP contribution in [-0.4, -0.2) is 25.8 Å². The molecule has 0 amide bonds. The highest BCUT2D eigenvalue weighted by molar-refractivity contribution is 4.79. The summed E-state index contributed by atoms with van der Waals surface area (Å²) in [7, 11) is 2.05. The number of hydrogen-bond donors (Lipinski definition) is 1. The summed E-state index contributed by atoms with van der Waals surface area (Å²) in [6, 6.07) is 0.630. The fourth-order valence-corrected chi connectivity index (χ4v) is 2.01. The van der Waals surface area contributed by atoms with E-state index in [-0.39, 0.29) is 0 Å². The Morgan fingerprint density at radius 1 is 1.31 bits per heavy atom. The maximum Gasteiger partial charge on any atom is 0.0601 e. The SMILES string of the molecule is CNC(C)C1CCOC(C(C)C)C1. The molecule has 13 heavy (non-hydrogen) atoms. The van der Waals surface area contributed by atoms with Gasteiger partial charge < -0.3 is 10.1 Å². The van der Waals surface area contributed by atoms with Crippen molar-refractivity contribution in [3.8, 4) is 0 Å². The quantitative estimate of drug-likeness (QED) is 0.726. The molecule has 78 valence electrons. The lowest BCUT2D eigenvalue weighted by atomic mass is 9.86. The molecular weight excluding hydrogens is 162 g/mol. The predicted octanol–water partition coefficient (Wildman–Crippen LogP) is 2.05. The molecule has 0 aromatic heterocycles. The van der Waals surface area contributed by atoms with Crippen LogP contribution in [0, 0.1) is 11.8 Å². The van der Waals surface area contributed by atoms with Crippen molar-refractivity contribution in [2.45, 2.75) is 45.8 Å². The van der Waals surface area contributed by atoms with E-state index >= 15 is 0 Å². The second-order valence-electron chi connectivity index (χ2n) is 4.52. The first kappa shape index (κ1) is 11.0. The number of hydrogen-bond acceptors (Lipinski definition) is 2. The Balaban J connectivity index is 2.41. The first-order valence-corrected chi connectivity index (χ1v) is 5.44. The molecule has 0 aliphatic carbocycles. The molecule has 3 atom stereocenters. The Morgan fingerprint density at radius 2 is 2.00 bits per heavy atom. The molecule has 1 N–H and O–H groups in total. The molecular formula is C11H23NO. The highest BCUT2D eigenvalue weighted by atomic mass is 16.5. The summed E-state index contributed by atoms with van der Waals surface area (Å²) in [6.07, 6.45) is 2.92. The molecule has 0 aromatic carbocycles. The van der Waals surface area contributed by atoms with Crippen LogP contribution in [0.3, 0.4) is 0 Å². The summed E-state index contributed by atoms with van der Waals surface area (Å²) in [5.74, 6) is 1.46. The number of nitrogens with one attached hydrogen (secondary N) is 1. The van der Waals surface area contributed by atoms with Crippen LogP contribution >= 0.6 is 0 Å². The van der Waals surface area contributed by atoms with Gasteiger partial charge in [-0.3, -0.25) is 0 Å². The molecule has 0 saturated carbocycles. The summed E-state index contributed by atoms with van der Waals surface area (Å²) in [5.41, 5.74) is 0. The van der Waals surface area contributed by atoms with E-state index in [4.69, 9.17) is 4.74 Å². The van der Waals surface area contributed by atoms with Crippen LogP contribution in [0.1, 0.15) is 33.6 Å². The maximum absolute atomic E-state index is 5.74. The Bertz CT molecular complexity index is 147. The van der Waals surface area contributed by atoms with Crippen molar-refractivity contribution < 1.29 is 4.74 Å². The molecule has 2 nitrogen and oxygen atoms in total. The van der Waals surface area contributed by atoms with Crippen molar-refractivity contribution in [3.63, 3.8) is 0 Å². The third kappa shape index (κ3) is 2.96. The molecule has 2 heteroatoms. The highest BCUT2D eigenvalue weighted by Crippen LogP contribution is 2.26. The predicted molar refractivity (Wildman–Crippen MR) is 55.8 cm³/mol. The van der Waals surface area contributed by atoms with Gasteiger partial charge in [0.2, 0.25) is 0 Å². The molecule has 0 spiro atoms. The van der Waals surface area contributed by atoms with Crippen molar-refractivity contribution in [3.05, 3.63) is 0 Å². The smallest absolute Gasteiger partial charge is 0.0601 e. The topological polar surface area (TPSA) is 21.3 Å². The van der Waals surface area contributed by atoms with Gasteiger partial charge in [0.05, 0.1) is 6.10 Å². The van der Waals surface area contributed by atoms with Crippen LogP contribution in [-0.2, 0) is 4.74 Å². The van der Waals surface area contributed by atoms with Gasteiger partial charge in [-0.05, 0) is 38.6 Å². The van der Waals surface area contributed by atoms with E-state index in [0.717, 1.165) is 12.5 Å². The Labute approximate surface area is 82.0 Å². The standard InChI is InChI=1S/C11H23NO/c1-8(2)11-7-10(5-6-13-11)9(3)12-4/h8-12H,5-7H2,1-4H3. The van der Waals surface area contributed by atoms with Gasteiger partial charge >= 0.3 is 0 Å². The van der Waals surface area contributed by atoms with Crippen molar-refractivity contribution in [2.24, 2.45) is 11.8 Å². The maximum atomic E-state index is 5.74. The first-order valence-electron chi connectivity index (χ1n) is 5.44. The molecule has 1 aliphatic rings. The summed E-state index contributed by atoms with van der Waals surface area (Å²) in [6.45, 7) is 7.71. The molecule has 1 rings (SSSR count). The third-order valence-electron chi connectivity index (χ3n) is 3.26. The normalized spacial score (nSPS) is 32.1. The minimum absolute atomic E-state index is 0.481. The van der Waals surface area contributed by atoms with Gasteiger partial charge in [0.1, 0.15) is 0 Å². The number of rotatable bonds is 3. The van der Waals surface area contributed by atoms with E-state index in [1.807, 2.05) is 7.05 Å². The van der Waals surface area contributed by atoms with Crippen molar-refractivity contribution in [1.29, 1.82) is 0 Å². The Hall–Kier alpha value is -0.0800. The molecule has 3 unspecified atom stereocenters. The fourth-order valence-electron chi connectivity index (χ4n) is 2.01.